The second-order valence-electron chi connectivity index (χ2n) is 2.64. The lowest BCUT2D eigenvalue weighted by Gasteiger charge is -1.89. The summed E-state index contributed by atoms with van der Waals surface area (Å²) >= 11 is 0. The summed E-state index contributed by atoms with van der Waals surface area (Å²) in [5, 5.41) is 0. The van der Waals surface area contributed by atoms with E-state index in [1.54, 1.807) is 19.1 Å². The van der Waals surface area contributed by atoms with E-state index >= 15 is 0 Å². The van der Waals surface area contributed by atoms with Crippen LogP contribution in [0.3, 0.4) is 0 Å². The molecule has 1 aliphatic heterocycles. The smallest absolute Gasteiger partial charge is 0.347 e. The van der Waals surface area contributed by atoms with Crippen molar-refractivity contribution < 1.29 is 13.9 Å². The summed E-state index contributed by atoms with van der Waals surface area (Å²) in [6.07, 6.45) is 1.69. The van der Waals surface area contributed by atoms with Crippen molar-refractivity contribution in [3.05, 3.63) is 23.7 Å². The zero-order valence-electron chi connectivity index (χ0n) is 6.88. The van der Waals surface area contributed by atoms with Gasteiger partial charge in [0.1, 0.15) is 11.3 Å². The van der Waals surface area contributed by atoms with Gasteiger partial charge < -0.3 is 9.15 Å². The number of aryl methyl sites for hydroxylation is 1. The van der Waals surface area contributed by atoms with E-state index in [1.165, 1.54) is 0 Å². The molecule has 3 heteroatoms. The molecule has 1 aliphatic rings. The van der Waals surface area contributed by atoms with E-state index in [1.807, 2.05) is 6.92 Å². The largest absolute Gasteiger partial charge is 0.457 e. The van der Waals surface area contributed by atoms with Crippen LogP contribution in [0.5, 0.6) is 5.75 Å². The number of esters is 1. The van der Waals surface area contributed by atoms with Gasteiger partial charge in [-0.25, -0.2) is 4.79 Å². The molecule has 0 radical (unpaired) electrons. The minimum Gasteiger partial charge on any atom is -0.457 e. The van der Waals surface area contributed by atoms with Crippen molar-refractivity contribution >= 4 is 11.5 Å². The quantitative estimate of drug-likeness (QED) is 0.434. The van der Waals surface area contributed by atoms with Crippen molar-refractivity contribution in [3.63, 3.8) is 0 Å². The summed E-state index contributed by atoms with van der Waals surface area (Å²) in [5.74, 6) is 1.52. The highest BCUT2D eigenvalue weighted by Gasteiger charge is 2.30. The lowest BCUT2D eigenvalue weighted by atomic mass is 10.2. The Morgan fingerprint density at radius 2 is 2.25 bits per heavy atom. The molecular formula is C9H8O3. The van der Waals surface area contributed by atoms with E-state index in [0.29, 0.717) is 17.1 Å². The average Bonchev–Trinajstić information content (AvgIpc) is 2.43. The Bertz CT molecular complexity index is 371. The number of allylic oxidation sites excluding steroid dienone is 1. The van der Waals surface area contributed by atoms with E-state index in [0.717, 1.165) is 5.76 Å². The molecule has 1 aromatic heterocycles. The Morgan fingerprint density at radius 3 is 2.92 bits per heavy atom. The first-order valence-electron chi connectivity index (χ1n) is 3.71. The number of carbonyl (C=O) groups is 1. The molecule has 62 valence electrons. The van der Waals surface area contributed by atoms with Crippen molar-refractivity contribution in [2.24, 2.45) is 0 Å². The van der Waals surface area contributed by atoms with Crippen molar-refractivity contribution in [2.75, 3.05) is 0 Å². The highest BCUT2D eigenvalue weighted by Crippen LogP contribution is 2.36. The van der Waals surface area contributed by atoms with Crippen LogP contribution in [0.1, 0.15) is 18.4 Å². The predicted octanol–water partition coefficient (Wildman–Crippen LogP) is 1.91. The van der Waals surface area contributed by atoms with E-state index in [-0.39, 0.29) is 5.97 Å². The van der Waals surface area contributed by atoms with Crippen molar-refractivity contribution in [1.29, 1.82) is 0 Å². The van der Waals surface area contributed by atoms with Crippen LogP contribution < -0.4 is 4.74 Å². The molecule has 2 rings (SSSR count). The van der Waals surface area contributed by atoms with E-state index in [4.69, 9.17) is 9.15 Å². The maximum Gasteiger partial charge on any atom is 0.347 e. The van der Waals surface area contributed by atoms with Gasteiger partial charge in [-0.05, 0) is 13.8 Å². The Morgan fingerprint density at radius 1 is 1.50 bits per heavy atom. The Balaban J connectivity index is 2.59. The average molecular weight is 164 g/mol. The molecule has 2 heterocycles. The minimum absolute atomic E-state index is 0.328. The molecule has 3 nitrogen and oxygen atoms in total. The molecule has 0 amide bonds. The van der Waals surface area contributed by atoms with Gasteiger partial charge in [0, 0.05) is 6.07 Å². The Kier molecular flexibility index (Phi) is 1.33. The van der Waals surface area contributed by atoms with Gasteiger partial charge in [0.05, 0.1) is 0 Å². The number of furan rings is 1. The van der Waals surface area contributed by atoms with Crippen LogP contribution >= 0.6 is 0 Å². The van der Waals surface area contributed by atoms with E-state index in [2.05, 4.69) is 0 Å². The lowest BCUT2D eigenvalue weighted by Crippen LogP contribution is -2.00. The molecular weight excluding hydrogens is 156 g/mol. The highest BCUT2D eigenvalue weighted by atomic mass is 16.6. The minimum atomic E-state index is -0.328. The monoisotopic (exact) mass is 164 g/mol. The third-order valence-electron chi connectivity index (χ3n) is 1.78. The van der Waals surface area contributed by atoms with Gasteiger partial charge in [-0.3, -0.25) is 0 Å². The molecule has 1 aromatic rings. The summed E-state index contributed by atoms with van der Waals surface area (Å²) < 4.78 is 10.2. The molecule has 0 aliphatic carbocycles. The Hall–Kier alpha value is -1.51. The van der Waals surface area contributed by atoms with Crippen LogP contribution in [0.25, 0.3) is 5.57 Å². The highest BCUT2D eigenvalue weighted by molar-refractivity contribution is 6.20. The van der Waals surface area contributed by atoms with Crippen LogP contribution in [0.4, 0.5) is 0 Å². The van der Waals surface area contributed by atoms with Gasteiger partial charge in [0.15, 0.2) is 11.5 Å². The molecule has 0 spiro atoms. The first-order chi connectivity index (χ1) is 5.72. The molecule has 0 bridgehead atoms. The number of rotatable bonds is 0. The van der Waals surface area contributed by atoms with Crippen molar-refractivity contribution in [2.45, 2.75) is 13.8 Å². The number of carbonyl (C=O) groups excluding carboxylic acids is 1. The molecule has 0 atom stereocenters. The molecule has 0 unspecified atom stereocenters. The van der Waals surface area contributed by atoms with Crippen molar-refractivity contribution in [3.8, 4) is 5.75 Å². The van der Waals surface area contributed by atoms with Crippen LogP contribution in [0.2, 0.25) is 0 Å². The molecule has 0 saturated heterocycles. The second kappa shape index (κ2) is 2.24. The van der Waals surface area contributed by atoms with Crippen LogP contribution in [-0.4, -0.2) is 5.97 Å². The Labute approximate surface area is 69.6 Å². The van der Waals surface area contributed by atoms with E-state index in [9.17, 15) is 4.79 Å². The third-order valence-corrected chi connectivity index (χ3v) is 1.78. The molecule has 0 N–H and O–H groups in total. The third kappa shape index (κ3) is 0.794. The van der Waals surface area contributed by atoms with Crippen LogP contribution in [0.15, 0.2) is 16.6 Å². The van der Waals surface area contributed by atoms with Gasteiger partial charge in [0.25, 0.3) is 0 Å². The van der Waals surface area contributed by atoms with Gasteiger partial charge in [0.2, 0.25) is 0 Å². The van der Waals surface area contributed by atoms with Crippen LogP contribution in [-0.2, 0) is 4.79 Å². The maximum absolute atomic E-state index is 11.1. The normalized spacial score (nSPS) is 18.2. The molecule has 0 saturated carbocycles. The van der Waals surface area contributed by atoms with Gasteiger partial charge in [-0.1, -0.05) is 6.08 Å². The summed E-state index contributed by atoms with van der Waals surface area (Å²) in [4.78, 5) is 11.1. The number of hydrogen-bond acceptors (Lipinski definition) is 3. The fourth-order valence-electron chi connectivity index (χ4n) is 1.25. The molecule has 0 fully saturated rings. The lowest BCUT2D eigenvalue weighted by molar-refractivity contribution is -0.127. The maximum atomic E-state index is 11.1. The zero-order chi connectivity index (χ0) is 8.72. The molecule has 12 heavy (non-hydrogen) atoms. The summed E-state index contributed by atoms with van der Waals surface area (Å²) in [7, 11) is 0. The fourth-order valence-corrected chi connectivity index (χ4v) is 1.25. The number of ether oxygens (including phenoxy) is 1. The fraction of sp³-hybridized carbons (Fsp3) is 0.222. The first kappa shape index (κ1) is 7.16. The standard InChI is InChI=1S/C9H8O3/c1-3-6-8-7(12-9(6)10)4-5(2)11-8/h3-4H,1-2H3/b6-3+. The summed E-state index contributed by atoms with van der Waals surface area (Å²) in [6, 6.07) is 1.71. The SMILES string of the molecule is C/C=C1/C(=O)Oc2cc(C)oc21. The topological polar surface area (TPSA) is 39.4 Å². The molecule has 0 aromatic carbocycles. The summed E-state index contributed by atoms with van der Waals surface area (Å²) in [6.45, 7) is 3.60. The number of hydrogen-bond donors (Lipinski definition) is 0. The summed E-state index contributed by atoms with van der Waals surface area (Å²) in [5.41, 5.74) is 0.512. The first-order valence-corrected chi connectivity index (χ1v) is 3.71. The van der Waals surface area contributed by atoms with Gasteiger partial charge >= 0.3 is 5.97 Å². The second-order valence-corrected chi connectivity index (χ2v) is 2.64. The van der Waals surface area contributed by atoms with Crippen LogP contribution in [0, 0.1) is 6.92 Å². The van der Waals surface area contributed by atoms with Gasteiger partial charge in [-0.2, -0.15) is 0 Å². The van der Waals surface area contributed by atoms with E-state index < -0.39 is 0 Å². The predicted molar refractivity (Wildman–Crippen MR) is 42.7 cm³/mol. The number of fused-ring (bicyclic) bond motifs is 1. The van der Waals surface area contributed by atoms with Crippen molar-refractivity contribution in [1.82, 2.24) is 0 Å². The zero-order valence-corrected chi connectivity index (χ0v) is 6.88. The van der Waals surface area contributed by atoms with Gasteiger partial charge in [-0.15, -0.1) is 0 Å².